The van der Waals surface area contributed by atoms with Gasteiger partial charge < -0.3 is 0 Å². The maximum Gasteiger partial charge on any atom is 0.336 e. The molecule has 0 bridgehead atoms. The van der Waals surface area contributed by atoms with Crippen LogP contribution in [0.1, 0.15) is 19.8 Å². The molecule has 0 aromatic carbocycles. The predicted molar refractivity (Wildman–Crippen MR) is 179 cm³/mol. The number of halogens is 4. The summed E-state index contributed by atoms with van der Waals surface area (Å²) in [4.78, 5) is 40.0. The van der Waals surface area contributed by atoms with Crippen molar-refractivity contribution in [2.75, 3.05) is 46.0 Å². The van der Waals surface area contributed by atoms with Crippen molar-refractivity contribution in [1.82, 2.24) is 13.7 Å². The van der Waals surface area contributed by atoms with E-state index in [-0.39, 0.29) is 24.6 Å². The first-order valence-electron chi connectivity index (χ1n) is 14.0. The van der Waals surface area contributed by atoms with E-state index in [0.29, 0.717) is 68.0 Å². The van der Waals surface area contributed by atoms with Gasteiger partial charge in [-0.05, 0) is 58.9 Å². The Hall–Kier alpha value is -2.73. The highest BCUT2D eigenvalue weighted by molar-refractivity contribution is 8.34. The van der Waals surface area contributed by atoms with Crippen molar-refractivity contribution >= 4 is 20.1 Å². The molecule has 0 saturated carbocycles. The van der Waals surface area contributed by atoms with Crippen molar-refractivity contribution in [3.63, 3.8) is 0 Å². The third kappa shape index (κ3) is 10.2. The highest BCUT2D eigenvalue weighted by Crippen LogP contribution is 2.49. The molecule has 0 aliphatic carbocycles. The molecule has 1 heterocycles. The van der Waals surface area contributed by atoms with Crippen LogP contribution in [0.15, 0.2) is 90.3 Å². The van der Waals surface area contributed by atoms with Crippen molar-refractivity contribution in [3.05, 3.63) is 107 Å². The van der Waals surface area contributed by atoms with Gasteiger partial charge in [-0.2, -0.15) is 8.78 Å². The lowest BCUT2D eigenvalue weighted by atomic mass is 10.2. The van der Waals surface area contributed by atoms with E-state index < -0.39 is 55.5 Å². The second-order valence-corrected chi connectivity index (χ2v) is 18.3. The number of rotatable bonds is 23. The molecule has 0 aliphatic rings. The van der Waals surface area contributed by atoms with Crippen LogP contribution < -0.4 is 17.1 Å². The fraction of sp³-hybridized carbons (Fsp3) is 0.516. The highest BCUT2D eigenvalue weighted by Gasteiger charge is 2.53. The third-order valence-corrected chi connectivity index (χ3v) is 15.1. The third-order valence-electron chi connectivity index (χ3n) is 7.13. The summed E-state index contributed by atoms with van der Waals surface area (Å²) in [7, 11) is -2.71. The molecule has 0 spiro atoms. The molecule has 0 N–H and O–H groups in total. The first-order chi connectivity index (χ1) is 20.1. The lowest BCUT2D eigenvalue weighted by molar-refractivity contribution is -0.205. The average molecular weight is 650 g/mol. The van der Waals surface area contributed by atoms with Crippen molar-refractivity contribution in [1.29, 1.82) is 0 Å². The summed E-state index contributed by atoms with van der Waals surface area (Å²) in [6.07, 6.45) is 11.4. The minimum absolute atomic E-state index is 0.0228. The van der Waals surface area contributed by atoms with Gasteiger partial charge in [0, 0.05) is 20.0 Å². The van der Waals surface area contributed by atoms with Gasteiger partial charge >= 0.3 is 28.9 Å². The Morgan fingerprint density at radius 1 is 0.581 bits per heavy atom. The fourth-order valence-corrected chi connectivity index (χ4v) is 11.3. The van der Waals surface area contributed by atoms with E-state index >= 15 is 0 Å². The van der Waals surface area contributed by atoms with E-state index in [9.17, 15) is 31.9 Å². The summed E-state index contributed by atoms with van der Waals surface area (Å²) in [5, 5.41) is 0. The van der Waals surface area contributed by atoms with E-state index in [1.165, 1.54) is 0 Å². The Morgan fingerprint density at radius 2 is 0.860 bits per heavy atom. The van der Waals surface area contributed by atoms with E-state index in [4.69, 9.17) is 0 Å². The topological polar surface area (TPSA) is 66.0 Å². The van der Waals surface area contributed by atoms with Gasteiger partial charge in [0.15, 0.2) is 0 Å². The predicted octanol–water partition coefficient (Wildman–Crippen LogP) is 5.97. The van der Waals surface area contributed by atoms with Gasteiger partial charge in [-0.3, -0.25) is 0 Å². The van der Waals surface area contributed by atoms with E-state index in [2.05, 4.69) is 39.5 Å². The van der Waals surface area contributed by atoms with Crippen LogP contribution in [0.25, 0.3) is 0 Å². The van der Waals surface area contributed by atoms with E-state index in [1.807, 2.05) is 0 Å². The number of nitrogens with zero attached hydrogens (tertiary/aromatic N) is 3. The molecule has 0 fully saturated rings. The van der Waals surface area contributed by atoms with Crippen LogP contribution in [0.3, 0.4) is 0 Å². The Balaban J connectivity index is 3.61. The van der Waals surface area contributed by atoms with Crippen LogP contribution in [0.5, 0.6) is 0 Å². The maximum atomic E-state index is 14.5. The number of aromatic nitrogens is 3. The summed E-state index contributed by atoms with van der Waals surface area (Å²) >= 11 is 0. The minimum atomic E-state index is -4.70. The maximum absolute atomic E-state index is 14.5. The zero-order chi connectivity index (χ0) is 32.9. The van der Waals surface area contributed by atoms with Gasteiger partial charge in [0.25, 0.3) is 0 Å². The summed E-state index contributed by atoms with van der Waals surface area (Å²) in [6.45, 7) is 20.8. The summed E-state index contributed by atoms with van der Waals surface area (Å²) < 4.78 is 57.9. The van der Waals surface area contributed by atoms with Gasteiger partial charge in [0.1, 0.15) is 6.54 Å². The second-order valence-electron chi connectivity index (χ2n) is 10.6. The van der Waals surface area contributed by atoms with Crippen molar-refractivity contribution in [3.8, 4) is 0 Å². The largest absolute Gasteiger partial charge is 0.336 e. The summed E-state index contributed by atoms with van der Waals surface area (Å²) in [6, 6.07) is 0. The summed E-state index contributed by atoms with van der Waals surface area (Å²) in [5.74, 6) is -3.92. The molecular formula is C31H47F4N3O3S2. The molecule has 1 rings (SSSR count). The molecule has 1 aromatic rings. The van der Waals surface area contributed by atoms with Crippen LogP contribution in [0.4, 0.5) is 17.6 Å². The van der Waals surface area contributed by atoms with E-state index in [1.54, 1.807) is 36.5 Å². The molecular weight excluding hydrogens is 602 g/mol. The SMILES string of the molecule is C=CCS(CC=C)(CC=C)CCCn1c(=O)n(CCCS(CC=C)(CC=C)CC=C)c(=O)n(CC(F)(F)C(C)(F)F)c1=O. The second kappa shape index (κ2) is 16.9. The van der Waals surface area contributed by atoms with Crippen LogP contribution in [0, 0.1) is 0 Å². The molecule has 0 saturated heterocycles. The molecule has 244 valence electrons. The molecule has 0 unspecified atom stereocenters. The first kappa shape index (κ1) is 38.3. The Bertz CT molecular complexity index is 1190. The number of hydrogen-bond acceptors (Lipinski definition) is 3. The van der Waals surface area contributed by atoms with Gasteiger partial charge in [-0.25, -0.2) is 56.9 Å². The zero-order valence-corrected chi connectivity index (χ0v) is 26.9. The van der Waals surface area contributed by atoms with Crippen LogP contribution in [-0.4, -0.2) is 71.6 Å². The van der Waals surface area contributed by atoms with Gasteiger partial charge in [-0.15, -0.1) is 39.5 Å². The molecule has 1 aromatic heterocycles. The molecule has 0 atom stereocenters. The van der Waals surface area contributed by atoms with Gasteiger partial charge in [-0.1, -0.05) is 36.5 Å². The molecule has 6 nitrogen and oxygen atoms in total. The molecule has 0 aliphatic heterocycles. The Kier molecular flexibility index (Phi) is 15.1. The van der Waals surface area contributed by atoms with Crippen LogP contribution >= 0.6 is 20.1 Å². The smallest absolute Gasteiger partial charge is 0.247 e. The van der Waals surface area contributed by atoms with Crippen LogP contribution in [-0.2, 0) is 19.6 Å². The average Bonchev–Trinajstić information content (AvgIpc) is 2.91. The monoisotopic (exact) mass is 649 g/mol. The zero-order valence-electron chi connectivity index (χ0n) is 25.3. The fourth-order valence-electron chi connectivity index (χ4n) is 5.00. The quantitative estimate of drug-likeness (QED) is 0.109. The van der Waals surface area contributed by atoms with Crippen molar-refractivity contribution < 1.29 is 17.6 Å². The molecule has 0 amide bonds. The standard InChI is InChI=1S/C31H47F4N3O3S2/c1-8-18-42(19-9-2,20-10-3)24-14-16-36-27(39)37(17-15-25-43(21-11-4,22-12-5)23-13-6)29(41)38(28(36)40)26-31(34,35)30(7,32)33/h8-13H,1-6,14-26H2,7H3. The molecule has 12 heteroatoms. The Morgan fingerprint density at radius 3 is 1.12 bits per heavy atom. The highest BCUT2D eigenvalue weighted by atomic mass is 32.3. The van der Waals surface area contributed by atoms with Gasteiger partial charge in [0.2, 0.25) is 0 Å². The van der Waals surface area contributed by atoms with Gasteiger partial charge in [0.05, 0.1) is 0 Å². The number of alkyl halides is 4. The number of hydrogen-bond donors (Lipinski definition) is 0. The molecule has 0 radical (unpaired) electrons. The van der Waals surface area contributed by atoms with E-state index in [0.717, 1.165) is 0 Å². The molecule has 43 heavy (non-hydrogen) atoms. The van der Waals surface area contributed by atoms with Crippen LogP contribution in [0.2, 0.25) is 0 Å². The minimum Gasteiger partial charge on any atom is -0.247 e. The lowest BCUT2D eigenvalue weighted by Crippen LogP contribution is -2.57. The van der Waals surface area contributed by atoms with Crippen molar-refractivity contribution in [2.45, 2.75) is 51.2 Å². The van der Waals surface area contributed by atoms with Crippen molar-refractivity contribution in [2.24, 2.45) is 0 Å². The summed E-state index contributed by atoms with van der Waals surface area (Å²) in [5.41, 5.74) is -3.62. The normalized spacial score (nSPS) is 13.2. The Labute approximate surface area is 255 Å². The lowest BCUT2D eigenvalue weighted by Gasteiger charge is -2.38. The first-order valence-corrected chi connectivity index (χ1v) is 18.6.